The Balaban J connectivity index is 3.60. The van der Waals surface area contributed by atoms with Gasteiger partial charge in [-0.15, -0.1) is 0 Å². The summed E-state index contributed by atoms with van der Waals surface area (Å²) in [5.74, 6) is -1.14. The second-order valence-electron chi connectivity index (χ2n) is 2.08. The molecule has 3 heteroatoms. The molecule has 0 rings (SSSR count). The molecule has 0 aromatic rings. The van der Waals surface area contributed by atoms with Crippen LogP contribution in [0.25, 0.3) is 0 Å². The van der Waals surface area contributed by atoms with E-state index in [4.69, 9.17) is 10.2 Å². The minimum absolute atomic E-state index is 0.0469. The zero-order valence-electron chi connectivity index (χ0n) is 6.00. The van der Waals surface area contributed by atoms with Gasteiger partial charge < -0.3 is 10.2 Å². The monoisotopic (exact) mass is 144 g/mol. The first kappa shape index (κ1) is 9.01. The number of aliphatic hydroxyl groups is 1. The van der Waals surface area contributed by atoms with E-state index in [9.17, 15) is 4.79 Å². The van der Waals surface area contributed by atoms with Crippen LogP contribution < -0.4 is 0 Å². The first-order valence-electron chi connectivity index (χ1n) is 3.29. The summed E-state index contributed by atoms with van der Waals surface area (Å²) in [5, 5.41) is 17.0. The Bertz CT molecular complexity index is 138. The Morgan fingerprint density at radius 1 is 1.50 bits per heavy atom. The number of allylic oxidation sites excluding steroid dienone is 1. The van der Waals surface area contributed by atoms with Crippen LogP contribution in [0.5, 0.6) is 0 Å². The van der Waals surface area contributed by atoms with Gasteiger partial charge in [0.15, 0.2) is 0 Å². The third-order valence-electron chi connectivity index (χ3n) is 1.08. The number of hydrogen-bond acceptors (Lipinski definition) is 2. The summed E-state index contributed by atoms with van der Waals surface area (Å²) >= 11 is 0. The average Bonchev–Trinajstić information content (AvgIpc) is 1.82. The maximum Gasteiger partial charge on any atom is 0.331 e. The van der Waals surface area contributed by atoms with Crippen molar-refractivity contribution in [2.75, 3.05) is 0 Å². The van der Waals surface area contributed by atoms with Gasteiger partial charge in [-0.1, -0.05) is 13.3 Å². The van der Waals surface area contributed by atoms with E-state index in [1.807, 2.05) is 6.92 Å². The lowest BCUT2D eigenvalue weighted by atomic mass is 10.2. The van der Waals surface area contributed by atoms with Gasteiger partial charge in [0.2, 0.25) is 0 Å². The number of aliphatic hydroxyl groups excluding tert-OH is 1. The lowest BCUT2D eigenvalue weighted by molar-refractivity contribution is -0.131. The van der Waals surface area contributed by atoms with Crippen LogP contribution in [0.2, 0.25) is 0 Å². The van der Waals surface area contributed by atoms with E-state index in [-0.39, 0.29) is 5.76 Å². The number of unbranched alkanes of at least 4 members (excludes halogenated alkanes) is 1. The quantitative estimate of drug-likeness (QED) is 0.466. The highest BCUT2D eigenvalue weighted by Crippen LogP contribution is 2.02. The third-order valence-corrected chi connectivity index (χ3v) is 1.08. The van der Waals surface area contributed by atoms with Crippen molar-refractivity contribution in [3.8, 4) is 0 Å². The number of rotatable bonds is 4. The molecule has 0 radical (unpaired) electrons. The van der Waals surface area contributed by atoms with Crippen LogP contribution in [0.4, 0.5) is 0 Å². The fraction of sp³-hybridized carbons (Fsp3) is 0.571. The van der Waals surface area contributed by atoms with Gasteiger partial charge in [-0.25, -0.2) is 4.79 Å². The van der Waals surface area contributed by atoms with Crippen LogP contribution in [-0.2, 0) is 4.79 Å². The van der Waals surface area contributed by atoms with Crippen molar-refractivity contribution in [3.05, 3.63) is 11.8 Å². The zero-order valence-corrected chi connectivity index (χ0v) is 6.00. The van der Waals surface area contributed by atoms with E-state index in [0.717, 1.165) is 18.9 Å². The molecule has 0 heterocycles. The molecule has 0 aliphatic carbocycles. The molecule has 0 aliphatic heterocycles. The van der Waals surface area contributed by atoms with Gasteiger partial charge in [-0.2, -0.15) is 0 Å². The molecule has 0 aromatic carbocycles. The molecular formula is C7H12O3. The largest absolute Gasteiger partial charge is 0.512 e. The highest BCUT2D eigenvalue weighted by Gasteiger charge is 1.95. The first-order valence-corrected chi connectivity index (χ1v) is 3.29. The van der Waals surface area contributed by atoms with Gasteiger partial charge in [-0.05, 0) is 6.42 Å². The summed E-state index contributed by atoms with van der Waals surface area (Å²) in [6.45, 7) is 1.98. The number of aliphatic carboxylic acids is 1. The van der Waals surface area contributed by atoms with E-state index in [1.165, 1.54) is 0 Å². The summed E-state index contributed by atoms with van der Waals surface area (Å²) in [6, 6.07) is 0. The molecule has 2 N–H and O–H groups in total. The van der Waals surface area contributed by atoms with Gasteiger partial charge in [0.1, 0.15) is 0 Å². The van der Waals surface area contributed by atoms with Crippen LogP contribution in [-0.4, -0.2) is 16.2 Å². The Kier molecular flexibility index (Phi) is 4.37. The van der Waals surface area contributed by atoms with Crippen LogP contribution in [0.3, 0.4) is 0 Å². The molecule has 0 saturated carbocycles. The number of hydrogen-bond donors (Lipinski definition) is 2. The van der Waals surface area contributed by atoms with Crippen LogP contribution in [0, 0.1) is 0 Å². The fourth-order valence-corrected chi connectivity index (χ4v) is 0.573. The number of carbonyl (C=O) groups is 1. The molecule has 0 bridgehead atoms. The zero-order chi connectivity index (χ0) is 7.98. The molecular weight excluding hydrogens is 132 g/mol. The fourth-order valence-electron chi connectivity index (χ4n) is 0.573. The van der Waals surface area contributed by atoms with Crippen molar-refractivity contribution in [3.63, 3.8) is 0 Å². The average molecular weight is 144 g/mol. The second kappa shape index (κ2) is 4.85. The van der Waals surface area contributed by atoms with Gasteiger partial charge in [0.25, 0.3) is 0 Å². The molecule has 58 valence electrons. The molecule has 0 saturated heterocycles. The lowest BCUT2D eigenvalue weighted by Crippen LogP contribution is -1.91. The molecule has 0 amide bonds. The van der Waals surface area contributed by atoms with Gasteiger partial charge in [-0.3, -0.25) is 0 Å². The predicted molar refractivity (Wildman–Crippen MR) is 37.9 cm³/mol. The van der Waals surface area contributed by atoms with Crippen molar-refractivity contribution < 1.29 is 15.0 Å². The standard InChI is InChI=1S/C7H12O3/c1-2-3-4-6(8)5-7(9)10/h5,8H,2-4H2,1H3,(H,9,10). The van der Waals surface area contributed by atoms with Crippen LogP contribution in [0.1, 0.15) is 26.2 Å². The van der Waals surface area contributed by atoms with E-state index in [2.05, 4.69) is 0 Å². The van der Waals surface area contributed by atoms with Gasteiger partial charge >= 0.3 is 5.97 Å². The maximum atomic E-state index is 9.94. The van der Waals surface area contributed by atoms with Gasteiger partial charge in [0, 0.05) is 6.42 Å². The number of carboxylic acids is 1. The summed E-state index contributed by atoms with van der Waals surface area (Å²) in [7, 11) is 0. The number of carboxylic acid groups (broad SMARTS) is 1. The summed E-state index contributed by atoms with van der Waals surface area (Å²) in [4.78, 5) is 9.94. The second-order valence-corrected chi connectivity index (χ2v) is 2.08. The minimum atomic E-state index is -1.09. The third kappa shape index (κ3) is 5.15. The minimum Gasteiger partial charge on any atom is -0.512 e. The summed E-state index contributed by atoms with van der Waals surface area (Å²) in [5.41, 5.74) is 0. The highest BCUT2D eigenvalue weighted by atomic mass is 16.4. The maximum absolute atomic E-state index is 9.94. The van der Waals surface area contributed by atoms with Crippen molar-refractivity contribution in [1.29, 1.82) is 0 Å². The molecule has 0 fully saturated rings. The molecule has 0 aliphatic rings. The first-order chi connectivity index (χ1) is 4.66. The SMILES string of the molecule is CCCCC(O)=CC(=O)O. The molecule has 10 heavy (non-hydrogen) atoms. The molecule has 0 atom stereocenters. The highest BCUT2D eigenvalue weighted by molar-refractivity contribution is 5.80. The smallest absolute Gasteiger partial charge is 0.331 e. The molecule has 0 aromatic heterocycles. The van der Waals surface area contributed by atoms with E-state index in [0.29, 0.717) is 6.42 Å². The van der Waals surface area contributed by atoms with E-state index >= 15 is 0 Å². The van der Waals surface area contributed by atoms with Crippen molar-refractivity contribution >= 4 is 5.97 Å². The Morgan fingerprint density at radius 2 is 2.10 bits per heavy atom. The Hall–Kier alpha value is -0.990. The summed E-state index contributed by atoms with van der Waals surface area (Å²) in [6.07, 6.45) is 3.07. The predicted octanol–water partition coefficient (Wildman–Crippen LogP) is 1.70. The van der Waals surface area contributed by atoms with Crippen LogP contribution >= 0.6 is 0 Å². The molecule has 3 nitrogen and oxygen atoms in total. The Morgan fingerprint density at radius 3 is 2.50 bits per heavy atom. The lowest BCUT2D eigenvalue weighted by Gasteiger charge is -1.94. The van der Waals surface area contributed by atoms with E-state index < -0.39 is 5.97 Å². The topological polar surface area (TPSA) is 57.5 Å². The van der Waals surface area contributed by atoms with E-state index in [1.54, 1.807) is 0 Å². The Labute approximate surface area is 60.0 Å². The molecule has 0 spiro atoms. The van der Waals surface area contributed by atoms with Crippen molar-refractivity contribution in [1.82, 2.24) is 0 Å². The van der Waals surface area contributed by atoms with Gasteiger partial charge in [0.05, 0.1) is 11.8 Å². The van der Waals surface area contributed by atoms with Crippen molar-refractivity contribution in [2.45, 2.75) is 26.2 Å². The van der Waals surface area contributed by atoms with Crippen LogP contribution in [0.15, 0.2) is 11.8 Å². The van der Waals surface area contributed by atoms with Crippen molar-refractivity contribution in [2.24, 2.45) is 0 Å². The normalized spacial score (nSPS) is 11.5. The summed E-state index contributed by atoms with van der Waals surface area (Å²) < 4.78 is 0. The molecule has 0 unspecified atom stereocenters.